The van der Waals surface area contributed by atoms with Gasteiger partial charge in [0.1, 0.15) is 0 Å². The summed E-state index contributed by atoms with van der Waals surface area (Å²) in [5, 5.41) is 5.57. The number of rotatable bonds is 2. The molecule has 2 rings (SSSR count). The number of halogens is 3. The van der Waals surface area contributed by atoms with Crippen molar-refractivity contribution >= 4 is 39.1 Å². The fourth-order valence-electron chi connectivity index (χ4n) is 1.71. The standard InChI is InChI=1S/C12H11BrCl2N2/c1-3-17-12(11(13)7(2)16-17)8-4-5-9(14)10(15)6-8/h4-6H,3H2,1-2H3. The summed E-state index contributed by atoms with van der Waals surface area (Å²) >= 11 is 15.5. The van der Waals surface area contributed by atoms with Gasteiger partial charge in [0.05, 0.1) is 25.9 Å². The predicted octanol–water partition coefficient (Wildman–Crippen LogP) is 4.95. The number of hydrogen-bond acceptors (Lipinski definition) is 1. The Kier molecular flexibility index (Phi) is 3.81. The molecule has 0 spiro atoms. The topological polar surface area (TPSA) is 17.8 Å². The molecule has 0 atom stereocenters. The Morgan fingerprint density at radius 1 is 1.29 bits per heavy atom. The number of nitrogens with zero attached hydrogens (tertiary/aromatic N) is 2. The van der Waals surface area contributed by atoms with E-state index in [1.165, 1.54) is 0 Å². The van der Waals surface area contributed by atoms with Gasteiger partial charge in [0.15, 0.2) is 0 Å². The van der Waals surface area contributed by atoms with Crippen molar-refractivity contribution in [2.24, 2.45) is 0 Å². The highest BCUT2D eigenvalue weighted by Gasteiger charge is 2.14. The van der Waals surface area contributed by atoms with E-state index in [0.717, 1.165) is 28.0 Å². The maximum atomic E-state index is 6.04. The second kappa shape index (κ2) is 5.01. The van der Waals surface area contributed by atoms with E-state index in [2.05, 4.69) is 28.0 Å². The molecule has 0 unspecified atom stereocenters. The summed E-state index contributed by atoms with van der Waals surface area (Å²) < 4.78 is 2.94. The van der Waals surface area contributed by atoms with Gasteiger partial charge in [-0.2, -0.15) is 5.10 Å². The van der Waals surface area contributed by atoms with Crippen molar-refractivity contribution < 1.29 is 0 Å². The van der Waals surface area contributed by atoms with Crippen molar-refractivity contribution in [1.29, 1.82) is 0 Å². The van der Waals surface area contributed by atoms with Gasteiger partial charge in [-0.3, -0.25) is 4.68 Å². The van der Waals surface area contributed by atoms with Crippen molar-refractivity contribution in [3.8, 4) is 11.3 Å². The second-order valence-electron chi connectivity index (χ2n) is 3.69. The Balaban J connectivity index is 2.63. The molecule has 17 heavy (non-hydrogen) atoms. The van der Waals surface area contributed by atoms with Crippen molar-refractivity contribution in [3.05, 3.63) is 38.4 Å². The lowest BCUT2D eigenvalue weighted by molar-refractivity contribution is 0.660. The third-order valence-electron chi connectivity index (χ3n) is 2.55. The Morgan fingerprint density at radius 2 is 2.00 bits per heavy atom. The largest absolute Gasteiger partial charge is 0.264 e. The minimum atomic E-state index is 0.553. The maximum absolute atomic E-state index is 6.04. The molecular formula is C12H11BrCl2N2. The normalized spacial score (nSPS) is 10.9. The van der Waals surface area contributed by atoms with E-state index >= 15 is 0 Å². The molecule has 90 valence electrons. The molecule has 2 aromatic rings. The average molecular weight is 334 g/mol. The van der Waals surface area contributed by atoms with Crippen LogP contribution >= 0.6 is 39.1 Å². The van der Waals surface area contributed by atoms with Gasteiger partial charge in [-0.05, 0) is 41.9 Å². The Labute approximate surface area is 119 Å². The molecule has 0 N–H and O–H groups in total. The highest BCUT2D eigenvalue weighted by Crippen LogP contribution is 2.34. The number of aromatic nitrogens is 2. The van der Waals surface area contributed by atoms with Crippen LogP contribution < -0.4 is 0 Å². The summed E-state index contributed by atoms with van der Waals surface area (Å²) in [6.45, 7) is 4.83. The van der Waals surface area contributed by atoms with Crippen LogP contribution in [0, 0.1) is 6.92 Å². The summed E-state index contributed by atoms with van der Waals surface area (Å²) in [5.74, 6) is 0. The van der Waals surface area contributed by atoms with Crippen LogP contribution in [0.3, 0.4) is 0 Å². The first-order valence-corrected chi connectivity index (χ1v) is 6.77. The maximum Gasteiger partial charge on any atom is 0.0827 e. The number of hydrogen-bond donors (Lipinski definition) is 0. The minimum Gasteiger partial charge on any atom is -0.264 e. The summed E-state index contributed by atoms with van der Waals surface area (Å²) in [7, 11) is 0. The van der Waals surface area contributed by atoms with Crippen molar-refractivity contribution in [2.75, 3.05) is 0 Å². The highest BCUT2D eigenvalue weighted by atomic mass is 79.9. The van der Waals surface area contributed by atoms with Gasteiger partial charge >= 0.3 is 0 Å². The monoisotopic (exact) mass is 332 g/mol. The molecule has 1 heterocycles. The second-order valence-corrected chi connectivity index (χ2v) is 5.30. The van der Waals surface area contributed by atoms with Gasteiger partial charge < -0.3 is 0 Å². The lowest BCUT2D eigenvalue weighted by Gasteiger charge is -2.06. The van der Waals surface area contributed by atoms with Crippen molar-refractivity contribution in [3.63, 3.8) is 0 Å². The first-order chi connectivity index (χ1) is 8.04. The zero-order chi connectivity index (χ0) is 12.6. The fourth-order valence-corrected chi connectivity index (χ4v) is 2.52. The van der Waals surface area contributed by atoms with Crippen LogP contribution in [-0.4, -0.2) is 9.78 Å². The Hall–Kier alpha value is -0.510. The van der Waals surface area contributed by atoms with E-state index in [4.69, 9.17) is 23.2 Å². The fraction of sp³-hybridized carbons (Fsp3) is 0.250. The van der Waals surface area contributed by atoms with Crippen LogP contribution in [0.2, 0.25) is 10.0 Å². The minimum absolute atomic E-state index is 0.553. The molecule has 0 aliphatic carbocycles. The van der Waals surface area contributed by atoms with Gasteiger partial charge in [0.2, 0.25) is 0 Å². The van der Waals surface area contributed by atoms with Crippen LogP contribution in [0.25, 0.3) is 11.3 Å². The predicted molar refractivity (Wildman–Crippen MR) is 75.8 cm³/mol. The first kappa shape index (κ1) is 12.9. The molecule has 5 heteroatoms. The molecular weight excluding hydrogens is 323 g/mol. The number of benzene rings is 1. The van der Waals surface area contributed by atoms with Gasteiger partial charge in [-0.15, -0.1) is 0 Å². The summed E-state index contributed by atoms with van der Waals surface area (Å²) in [6.07, 6.45) is 0. The van der Waals surface area contributed by atoms with Crippen LogP contribution in [0.1, 0.15) is 12.6 Å². The van der Waals surface area contributed by atoms with Crippen LogP contribution in [0.5, 0.6) is 0 Å². The van der Waals surface area contributed by atoms with E-state index in [-0.39, 0.29) is 0 Å². The van der Waals surface area contributed by atoms with Gasteiger partial charge in [0, 0.05) is 12.1 Å². The lowest BCUT2D eigenvalue weighted by atomic mass is 10.1. The van der Waals surface area contributed by atoms with Crippen LogP contribution in [0.15, 0.2) is 22.7 Å². The van der Waals surface area contributed by atoms with Crippen molar-refractivity contribution in [1.82, 2.24) is 9.78 Å². The summed E-state index contributed by atoms with van der Waals surface area (Å²) in [4.78, 5) is 0. The smallest absolute Gasteiger partial charge is 0.0827 e. The van der Waals surface area contributed by atoms with Crippen LogP contribution in [-0.2, 0) is 6.54 Å². The molecule has 2 nitrogen and oxygen atoms in total. The quantitative estimate of drug-likeness (QED) is 0.760. The number of aryl methyl sites for hydroxylation is 2. The van der Waals surface area contributed by atoms with Crippen LogP contribution in [0.4, 0.5) is 0 Å². The zero-order valence-electron chi connectivity index (χ0n) is 9.47. The molecule has 0 aliphatic heterocycles. The van der Waals surface area contributed by atoms with E-state index in [1.54, 1.807) is 6.07 Å². The summed E-state index contributed by atoms with van der Waals surface area (Å²) in [6, 6.07) is 5.60. The molecule has 0 amide bonds. The third kappa shape index (κ3) is 2.37. The van der Waals surface area contributed by atoms with E-state index < -0.39 is 0 Å². The van der Waals surface area contributed by atoms with E-state index in [1.807, 2.05) is 23.7 Å². The van der Waals surface area contributed by atoms with E-state index in [9.17, 15) is 0 Å². The van der Waals surface area contributed by atoms with Gasteiger partial charge in [0.25, 0.3) is 0 Å². The lowest BCUT2D eigenvalue weighted by Crippen LogP contribution is -1.99. The first-order valence-electron chi connectivity index (χ1n) is 5.23. The Bertz CT molecular complexity index is 564. The zero-order valence-corrected chi connectivity index (χ0v) is 12.6. The molecule has 1 aromatic carbocycles. The van der Waals surface area contributed by atoms with Gasteiger partial charge in [-0.25, -0.2) is 0 Å². The van der Waals surface area contributed by atoms with Crippen molar-refractivity contribution in [2.45, 2.75) is 20.4 Å². The molecule has 0 bridgehead atoms. The third-order valence-corrected chi connectivity index (χ3v) is 4.24. The molecule has 0 aliphatic rings. The molecule has 0 radical (unpaired) electrons. The SMILES string of the molecule is CCn1nc(C)c(Br)c1-c1ccc(Cl)c(Cl)c1. The Morgan fingerprint density at radius 3 is 2.59 bits per heavy atom. The summed E-state index contributed by atoms with van der Waals surface area (Å²) in [5.41, 5.74) is 3.00. The molecule has 0 saturated carbocycles. The molecule has 0 fully saturated rings. The van der Waals surface area contributed by atoms with E-state index in [0.29, 0.717) is 10.0 Å². The van der Waals surface area contributed by atoms with Gasteiger partial charge in [-0.1, -0.05) is 29.3 Å². The average Bonchev–Trinajstić information content (AvgIpc) is 2.59. The molecule has 1 aromatic heterocycles. The molecule has 0 saturated heterocycles. The highest BCUT2D eigenvalue weighted by molar-refractivity contribution is 9.10.